The van der Waals surface area contributed by atoms with Crippen LogP contribution in [0.4, 0.5) is 0 Å². The number of aliphatic carboxylic acids is 1. The molecule has 2 N–H and O–H groups in total. The van der Waals surface area contributed by atoms with Gasteiger partial charge in [0.25, 0.3) is 0 Å². The number of carboxylic acids is 1. The highest BCUT2D eigenvalue weighted by molar-refractivity contribution is 5.73. The van der Waals surface area contributed by atoms with E-state index in [1.54, 1.807) is 18.9 Å². The number of hydrogen-bond donors (Lipinski definition) is 2. The fourth-order valence-electron chi connectivity index (χ4n) is 2.85. The molecule has 6 heteroatoms. The number of methoxy groups -OCH3 is 1. The first-order chi connectivity index (χ1) is 12.9. The molecule has 0 heterocycles. The van der Waals surface area contributed by atoms with E-state index in [4.69, 9.17) is 4.74 Å². The normalized spacial score (nSPS) is 11.9. The number of ether oxygens (including phenoxy) is 1. The molecule has 0 aliphatic carbocycles. The summed E-state index contributed by atoms with van der Waals surface area (Å²) < 4.78 is 5.55. The lowest BCUT2D eigenvalue weighted by Gasteiger charge is -2.27. The molecule has 0 spiro atoms. The Balaban J connectivity index is 2.22. The molecule has 2 aromatic carbocycles. The zero-order chi connectivity index (χ0) is 19.8. The molecule has 0 radical (unpaired) electrons. The zero-order valence-electron chi connectivity index (χ0n) is 15.9. The fraction of sp³-hybridized carbons (Fsp3) is 0.333. The number of carbonyl (C=O) groups excluding carboxylic acids is 1. The van der Waals surface area contributed by atoms with Gasteiger partial charge in [0.1, 0.15) is 11.8 Å². The van der Waals surface area contributed by atoms with E-state index in [1.807, 2.05) is 48.5 Å². The maximum absolute atomic E-state index is 11.5. The average Bonchev–Trinajstić information content (AvgIpc) is 2.67. The number of amides is 1. The van der Waals surface area contributed by atoms with Gasteiger partial charge in [0.2, 0.25) is 5.91 Å². The first-order valence-electron chi connectivity index (χ1n) is 8.86. The van der Waals surface area contributed by atoms with Crippen LogP contribution in [0, 0.1) is 0 Å². The molecule has 0 saturated heterocycles. The minimum Gasteiger partial charge on any atom is -0.496 e. The van der Waals surface area contributed by atoms with E-state index < -0.39 is 12.0 Å². The summed E-state index contributed by atoms with van der Waals surface area (Å²) in [6.07, 6.45) is 0. The molecule has 0 fully saturated rings. The van der Waals surface area contributed by atoms with Crippen LogP contribution in [0.2, 0.25) is 0 Å². The summed E-state index contributed by atoms with van der Waals surface area (Å²) in [4.78, 5) is 24.4. The van der Waals surface area contributed by atoms with Crippen LogP contribution in [-0.2, 0) is 16.1 Å². The molecule has 0 bridgehead atoms. The van der Waals surface area contributed by atoms with Crippen molar-refractivity contribution in [1.29, 1.82) is 0 Å². The van der Waals surface area contributed by atoms with Crippen molar-refractivity contribution in [3.05, 3.63) is 54.1 Å². The largest absolute Gasteiger partial charge is 0.496 e. The molecule has 0 saturated carbocycles. The van der Waals surface area contributed by atoms with Crippen molar-refractivity contribution in [2.75, 3.05) is 20.2 Å². The van der Waals surface area contributed by atoms with Crippen LogP contribution in [-0.4, -0.2) is 48.1 Å². The van der Waals surface area contributed by atoms with Gasteiger partial charge in [-0.1, -0.05) is 42.5 Å². The molecule has 6 nitrogen and oxygen atoms in total. The van der Waals surface area contributed by atoms with Crippen LogP contribution in [0.3, 0.4) is 0 Å². The third-order valence-electron chi connectivity index (χ3n) is 4.45. The minimum atomic E-state index is -0.905. The summed E-state index contributed by atoms with van der Waals surface area (Å²) in [5.74, 6) is -0.334. The van der Waals surface area contributed by atoms with Gasteiger partial charge in [0.15, 0.2) is 0 Å². The molecular weight excluding hydrogens is 344 g/mol. The van der Waals surface area contributed by atoms with E-state index in [0.29, 0.717) is 25.4 Å². The summed E-state index contributed by atoms with van der Waals surface area (Å²) in [5.41, 5.74) is 3.02. The summed E-state index contributed by atoms with van der Waals surface area (Å²) in [6.45, 7) is 4.30. The number of nitrogens with zero attached hydrogens (tertiary/aromatic N) is 1. The maximum atomic E-state index is 11.5. The molecule has 1 atom stereocenters. The van der Waals surface area contributed by atoms with Crippen molar-refractivity contribution in [3.8, 4) is 16.9 Å². The van der Waals surface area contributed by atoms with Gasteiger partial charge in [0.05, 0.1) is 7.11 Å². The van der Waals surface area contributed by atoms with E-state index in [-0.39, 0.29) is 5.91 Å². The first-order valence-corrected chi connectivity index (χ1v) is 8.86. The number of hydrogen-bond acceptors (Lipinski definition) is 4. The van der Waals surface area contributed by atoms with E-state index in [9.17, 15) is 14.7 Å². The monoisotopic (exact) mass is 370 g/mol. The molecule has 1 unspecified atom stereocenters. The van der Waals surface area contributed by atoms with Crippen molar-refractivity contribution in [2.45, 2.75) is 26.4 Å². The van der Waals surface area contributed by atoms with Gasteiger partial charge in [0, 0.05) is 32.1 Å². The Bertz CT molecular complexity index is 777. The smallest absolute Gasteiger partial charge is 0.320 e. The van der Waals surface area contributed by atoms with Gasteiger partial charge >= 0.3 is 5.97 Å². The van der Waals surface area contributed by atoms with Crippen LogP contribution < -0.4 is 10.1 Å². The second-order valence-electron chi connectivity index (χ2n) is 6.36. The number of benzene rings is 2. The highest BCUT2D eigenvalue weighted by atomic mass is 16.5. The SMILES string of the molecule is COc1cc(-c2ccccc2)ccc1CN(CCNC(C)=O)C(C)C(=O)O. The lowest BCUT2D eigenvalue weighted by atomic mass is 10.0. The van der Waals surface area contributed by atoms with E-state index in [0.717, 1.165) is 16.7 Å². The van der Waals surface area contributed by atoms with E-state index in [1.165, 1.54) is 6.92 Å². The first kappa shape index (κ1) is 20.5. The molecule has 0 aromatic heterocycles. The van der Waals surface area contributed by atoms with E-state index in [2.05, 4.69) is 5.32 Å². The Morgan fingerprint density at radius 1 is 1.15 bits per heavy atom. The van der Waals surface area contributed by atoms with Crippen molar-refractivity contribution in [2.24, 2.45) is 0 Å². The van der Waals surface area contributed by atoms with Crippen molar-refractivity contribution < 1.29 is 19.4 Å². The zero-order valence-corrected chi connectivity index (χ0v) is 15.9. The molecular formula is C21H26N2O4. The fourth-order valence-corrected chi connectivity index (χ4v) is 2.85. The van der Waals surface area contributed by atoms with E-state index >= 15 is 0 Å². The van der Waals surface area contributed by atoms with Gasteiger partial charge in [-0.25, -0.2) is 0 Å². The Labute approximate surface area is 159 Å². The second-order valence-corrected chi connectivity index (χ2v) is 6.36. The van der Waals surface area contributed by atoms with Gasteiger partial charge in [-0.05, 0) is 24.1 Å². The van der Waals surface area contributed by atoms with Crippen molar-refractivity contribution in [3.63, 3.8) is 0 Å². The summed E-state index contributed by atoms with van der Waals surface area (Å²) in [7, 11) is 1.61. The average molecular weight is 370 g/mol. The Morgan fingerprint density at radius 2 is 1.85 bits per heavy atom. The predicted molar refractivity (Wildman–Crippen MR) is 105 cm³/mol. The summed E-state index contributed by atoms with van der Waals surface area (Å²) in [6, 6.07) is 15.2. The quantitative estimate of drug-likeness (QED) is 0.710. The predicted octanol–water partition coefficient (Wildman–Crippen LogP) is 2.77. The standard InChI is InChI=1S/C21H26N2O4/c1-15(21(25)26)23(12-11-22-16(2)24)14-19-10-9-18(13-20(19)27-3)17-7-5-4-6-8-17/h4-10,13,15H,11-12,14H2,1-3H3,(H,22,24)(H,25,26). The summed E-state index contributed by atoms with van der Waals surface area (Å²) in [5, 5.41) is 12.1. The van der Waals surface area contributed by atoms with Crippen LogP contribution in [0.1, 0.15) is 19.4 Å². The topological polar surface area (TPSA) is 78.9 Å². The van der Waals surface area contributed by atoms with Crippen LogP contribution in [0.5, 0.6) is 5.75 Å². The number of carboxylic acid groups (broad SMARTS) is 1. The molecule has 1 amide bonds. The third kappa shape index (κ3) is 5.82. The molecule has 27 heavy (non-hydrogen) atoms. The van der Waals surface area contributed by atoms with Gasteiger partial charge < -0.3 is 15.2 Å². The Hall–Kier alpha value is -2.86. The molecule has 2 rings (SSSR count). The molecule has 0 aliphatic rings. The van der Waals surface area contributed by atoms with Gasteiger partial charge in [-0.15, -0.1) is 0 Å². The highest BCUT2D eigenvalue weighted by Crippen LogP contribution is 2.28. The van der Waals surface area contributed by atoms with Crippen molar-refractivity contribution >= 4 is 11.9 Å². The van der Waals surface area contributed by atoms with Crippen LogP contribution >= 0.6 is 0 Å². The highest BCUT2D eigenvalue weighted by Gasteiger charge is 2.22. The molecule has 0 aliphatic heterocycles. The van der Waals surface area contributed by atoms with Crippen LogP contribution in [0.25, 0.3) is 11.1 Å². The number of nitrogens with one attached hydrogen (secondary N) is 1. The lowest BCUT2D eigenvalue weighted by molar-refractivity contribution is -0.142. The number of carbonyl (C=O) groups is 2. The second kappa shape index (κ2) is 9.73. The summed E-state index contributed by atoms with van der Waals surface area (Å²) >= 11 is 0. The Morgan fingerprint density at radius 3 is 2.44 bits per heavy atom. The van der Waals surface area contributed by atoms with Crippen LogP contribution in [0.15, 0.2) is 48.5 Å². The molecule has 144 valence electrons. The lowest BCUT2D eigenvalue weighted by Crippen LogP contribution is -2.42. The van der Waals surface area contributed by atoms with Crippen molar-refractivity contribution in [1.82, 2.24) is 10.2 Å². The number of rotatable bonds is 9. The third-order valence-corrected chi connectivity index (χ3v) is 4.45. The van der Waals surface area contributed by atoms with Gasteiger partial charge in [-0.2, -0.15) is 0 Å². The maximum Gasteiger partial charge on any atom is 0.320 e. The molecule has 2 aromatic rings. The Kier molecular flexibility index (Phi) is 7.37. The minimum absolute atomic E-state index is 0.136. The van der Waals surface area contributed by atoms with Gasteiger partial charge in [-0.3, -0.25) is 14.5 Å².